The maximum Gasteiger partial charge on any atom is 1.00 e. The number of piperidine rings is 3. The number of fused-ring (bicyclic) bond motifs is 12. The van der Waals surface area contributed by atoms with Crippen molar-refractivity contribution in [3.05, 3.63) is 163 Å². The maximum absolute atomic E-state index is 12.9. The minimum absolute atomic E-state index is 0. The van der Waals surface area contributed by atoms with Gasteiger partial charge in [-0.1, -0.05) is 50.7 Å². The fourth-order valence-electron chi connectivity index (χ4n) is 14.1. The normalized spacial score (nSPS) is 17.8. The number of hydrogen-bond acceptors (Lipinski definition) is 18. The molecule has 6 aromatic rings. The summed E-state index contributed by atoms with van der Waals surface area (Å²) in [5, 5.41) is 17.7. The number of rotatable bonds is 22. The molecule has 0 aliphatic carbocycles. The summed E-state index contributed by atoms with van der Waals surface area (Å²) in [5.41, 5.74) is 4.13. The number of hydrogen-bond donors (Lipinski definition) is 1. The van der Waals surface area contributed by atoms with E-state index in [1.165, 1.54) is 24.4 Å². The van der Waals surface area contributed by atoms with Gasteiger partial charge in [-0.3, -0.25) is 38.4 Å². The van der Waals surface area contributed by atoms with Gasteiger partial charge in [0.15, 0.2) is 16.3 Å². The number of carboxylic acid groups (broad SMARTS) is 1. The molecular formula is C73H91BrCl3LiN6O16. The summed E-state index contributed by atoms with van der Waals surface area (Å²) in [6.07, 6.45) is 17.4. The molecule has 2 N–H and O–H groups in total. The van der Waals surface area contributed by atoms with Gasteiger partial charge in [0.05, 0.1) is 94.2 Å². The van der Waals surface area contributed by atoms with E-state index in [0.717, 1.165) is 109 Å². The van der Waals surface area contributed by atoms with Crippen molar-refractivity contribution in [2.24, 2.45) is 0 Å². The van der Waals surface area contributed by atoms with Crippen LogP contribution < -0.4 is 64.4 Å². The molecule has 0 bridgehead atoms. The summed E-state index contributed by atoms with van der Waals surface area (Å²) in [4.78, 5) is 74.3. The Balaban J connectivity index is 0.000000209. The van der Waals surface area contributed by atoms with Crippen molar-refractivity contribution >= 4 is 68.6 Å². The van der Waals surface area contributed by atoms with Gasteiger partial charge in [-0.05, 0) is 166 Å². The number of carboxylic acids is 1. The van der Waals surface area contributed by atoms with Crippen molar-refractivity contribution < 1.29 is 81.7 Å². The standard InChI is InChI=1S/C25H32BrClN2O5.C25H31ClN2O5.C23H27ClN2O5.Li.H2O/c1-5-33-24(31)18-16-28(11-9-22(18)30)29-21(8-6-10-25(29,2)3)17-14-23(20(27)15-19(17)26)34-13-7-12-32-4;1-5-32-24(30)18-15-27-21(14-22(18)29)16-12-19(26)23(33-11-7-10-31-4)13-17(16)20-8-6-9-25(2,3)28(20)27;1-23(2)7-4-6-18-15-11-21(31-9-5-8-30-3)17(24)10-14(15)19-12-20(27)16(22(28)29)13-25(19)26(18)23;;/h9,11,14-16,21H,5-8,10,12-13H2,1-4H3;12-15,20H,5-11H2,1-4H3;10-13,18H,4-9H2,1-3H3,(H,28,29);;1H2/q;;;+1;/p-1. The van der Waals surface area contributed by atoms with Gasteiger partial charge in [-0.2, -0.15) is 0 Å². The van der Waals surface area contributed by atoms with E-state index in [1.807, 2.05) is 50.4 Å². The number of aromatic nitrogens is 3. The fraction of sp³-hybridized carbons (Fsp3) is 0.507. The predicted molar refractivity (Wildman–Crippen MR) is 386 cm³/mol. The van der Waals surface area contributed by atoms with E-state index in [1.54, 1.807) is 53.8 Å². The first-order chi connectivity index (χ1) is 46.7. The Morgan fingerprint density at radius 1 is 0.520 bits per heavy atom. The number of methoxy groups -OCH3 is 3. The van der Waals surface area contributed by atoms with Gasteiger partial charge in [0, 0.05) is 119 Å². The predicted octanol–water partition coefficient (Wildman–Crippen LogP) is 11.3. The summed E-state index contributed by atoms with van der Waals surface area (Å²) >= 11 is 23.3. The zero-order valence-corrected chi connectivity index (χ0v) is 63.0. The topological polar surface area (TPSA) is 251 Å². The number of esters is 2. The van der Waals surface area contributed by atoms with Gasteiger partial charge in [0.25, 0.3) is 0 Å². The molecule has 0 spiro atoms. The van der Waals surface area contributed by atoms with Crippen molar-refractivity contribution in [1.29, 1.82) is 0 Å². The molecule has 0 amide bonds. The molecule has 22 nitrogen and oxygen atoms in total. The average Bonchev–Trinajstić information content (AvgIpc) is 0.726. The van der Waals surface area contributed by atoms with Crippen LogP contribution in [-0.4, -0.2) is 133 Å². The SMILES string of the molecule is CCOC(=O)c1cn(N2C(c3cc(OCCCOC)c(Cl)cc3Br)CCCC2(C)C)ccc1=O.CCOC(=O)c1cn2c(cc1=O)-c1cc(Cl)c(OCCCOC)cc1C1CCCC(C)(C)N12.COCCCOc1cc2c(cc1Cl)-c1cc(=O)c(C(=O)O)cn1N1C2CCCC1(C)C.[Li+].[OH-]. The third-order valence-corrected chi connectivity index (χ3v) is 20.2. The number of pyridine rings is 3. The number of carbonyl (C=O) groups is 3. The molecule has 8 heterocycles. The summed E-state index contributed by atoms with van der Waals surface area (Å²) in [5.74, 6) is -0.589. The smallest absolute Gasteiger partial charge is 0.870 e. The second kappa shape index (κ2) is 35.1. The van der Waals surface area contributed by atoms with E-state index in [2.05, 4.69) is 72.5 Å². The molecule has 27 heteroatoms. The minimum atomic E-state index is -1.23. The number of nitrogens with zero attached hydrogens (tertiary/aromatic N) is 6. The fourth-order valence-corrected chi connectivity index (χ4v) is 15.5. The molecule has 3 fully saturated rings. The first-order valence-corrected chi connectivity index (χ1v) is 35.4. The van der Waals surface area contributed by atoms with Gasteiger partial charge in [-0.15, -0.1) is 0 Å². The van der Waals surface area contributed by atoms with Crippen LogP contribution in [0.5, 0.6) is 17.2 Å². The number of carbonyl (C=O) groups excluding carboxylic acids is 2. The second-order valence-corrected chi connectivity index (χ2v) is 28.8. The van der Waals surface area contributed by atoms with Crippen molar-refractivity contribution in [3.63, 3.8) is 0 Å². The Morgan fingerprint density at radius 3 is 1.30 bits per heavy atom. The van der Waals surface area contributed by atoms with Gasteiger partial charge < -0.3 is 53.5 Å². The van der Waals surface area contributed by atoms with E-state index in [4.69, 9.17) is 72.7 Å². The van der Waals surface area contributed by atoms with Crippen molar-refractivity contribution in [3.8, 4) is 39.8 Å². The first kappa shape index (κ1) is 80.8. The molecule has 3 saturated heterocycles. The van der Waals surface area contributed by atoms with Crippen LogP contribution in [0.15, 0.2) is 98.2 Å². The van der Waals surface area contributed by atoms with Gasteiger partial charge >= 0.3 is 36.8 Å². The summed E-state index contributed by atoms with van der Waals surface area (Å²) < 4.78 is 49.9. The molecule has 538 valence electrons. The summed E-state index contributed by atoms with van der Waals surface area (Å²) in [6.45, 7) is 20.2. The quantitative estimate of drug-likeness (QED) is 0.0377. The Bertz CT molecular complexity index is 4090. The molecule has 5 aliphatic rings. The third kappa shape index (κ3) is 17.7. The van der Waals surface area contributed by atoms with Gasteiger partial charge in [0.1, 0.15) is 33.9 Å². The molecular weight excluding hydrogens is 1410 g/mol. The number of ether oxygens (including phenoxy) is 8. The Morgan fingerprint density at radius 2 is 0.890 bits per heavy atom. The van der Waals surface area contributed by atoms with Gasteiger partial charge in [0.2, 0.25) is 0 Å². The number of halogens is 4. The molecule has 3 aromatic carbocycles. The number of benzene rings is 3. The molecule has 3 unspecified atom stereocenters. The van der Waals surface area contributed by atoms with Crippen LogP contribution in [0, 0.1) is 0 Å². The van der Waals surface area contributed by atoms with Crippen LogP contribution in [-0.2, 0) is 23.7 Å². The van der Waals surface area contributed by atoms with Crippen LogP contribution in [0.3, 0.4) is 0 Å². The Labute approximate surface area is 619 Å². The monoisotopic (exact) mass is 1500 g/mol. The molecule has 3 atom stereocenters. The average molecular weight is 1500 g/mol. The van der Waals surface area contributed by atoms with E-state index in [9.17, 15) is 33.9 Å². The van der Waals surface area contributed by atoms with Crippen molar-refractivity contribution in [2.75, 3.05) is 89.2 Å². The summed E-state index contributed by atoms with van der Waals surface area (Å²) in [6, 6.07) is 15.9. The van der Waals surface area contributed by atoms with Crippen LogP contribution in [0.25, 0.3) is 22.5 Å². The van der Waals surface area contributed by atoms with E-state index in [-0.39, 0.29) is 99.8 Å². The molecule has 0 saturated carbocycles. The molecule has 5 aliphatic heterocycles. The van der Waals surface area contributed by atoms with E-state index in [0.29, 0.717) is 83.3 Å². The zero-order valence-electron chi connectivity index (χ0n) is 59.2. The van der Waals surface area contributed by atoms with Crippen LogP contribution in [0.4, 0.5) is 0 Å². The Hall–Kier alpha value is -6.49. The number of aromatic carboxylic acids is 1. The molecule has 3 aromatic heterocycles. The molecule has 0 radical (unpaired) electrons. The van der Waals surface area contributed by atoms with Gasteiger partial charge in [-0.25, -0.2) is 14.4 Å². The first-order valence-electron chi connectivity index (χ1n) is 33.5. The zero-order chi connectivity index (χ0) is 71.0. The van der Waals surface area contributed by atoms with Crippen LogP contribution >= 0.6 is 50.7 Å². The second-order valence-electron chi connectivity index (χ2n) is 26.7. The summed E-state index contributed by atoms with van der Waals surface area (Å²) in [7, 11) is 4.98. The third-order valence-electron chi connectivity index (χ3n) is 18.6. The maximum atomic E-state index is 12.9. The van der Waals surface area contributed by atoms with Crippen LogP contribution in [0.1, 0.15) is 198 Å². The Kier molecular flexibility index (Phi) is 28.4. The van der Waals surface area contributed by atoms with Crippen molar-refractivity contribution in [2.45, 2.75) is 167 Å². The van der Waals surface area contributed by atoms with E-state index >= 15 is 0 Å². The largest absolute Gasteiger partial charge is 1.00 e. The molecule has 11 rings (SSSR count). The molecule has 100 heavy (non-hydrogen) atoms. The minimum Gasteiger partial charge on any atom is -0.870 e. The van der Waals surface area contributed by atoms with Crippen LogP contribution in [0.2, 0.25) is 15.1 Å². The van der Waals surface area contributed by atoms with Crippen molar-refractivity contribution in [1.82, 2.24) is 14.0 Å². The van der Waals surface area contributed by atoms with E-state index < -0.39 is 23.3 Å².